The molecule has 5 heteroatoms. The van der Waals surface area contributed by atoms with E-state index in [2.05, 4.69) is 18.8 Å². The number of carboxylic acids is 1. The first-order valence-corrected chi connectivity index (χ1v) is 5.53. The average molecular weight is 238 g/mol. The largest absolute Gasteiger partial charge is 0.478 e. The first-order chi connectivity index (χ1) is 7.89. The molecule has 0 amide bonds. The maximum Gasteiger partial charge on any atom is 0.339 e. The summed E-state index contributed by atoms with van der Waals surface area (Å²) < 4.78 is 13.0. The van der Waals surface area contributed by atoms with Gasteiger partial charge in [0.25, 0.3) is 0 Å². The van der Waals surface area contributed by atoms with Crippen LogP contribution in [0.15, 0.2) is 12.3 Å². The monoisotopic (exact) mass is 238 g/mol. The Balaban J connectivity index is 2.36. The molecule has 2 heterocycles. The summed E-state index contributed by atoms with van der Waals surface area (Å²) in [6.07, 6.45) is 2.04. The second-order valence-corrected chi connectivity index (χ2v) is 5.17. The van der Waals surface area contributed by atoms with E-state index in [1.807, 2.05) is 4.90 Å². The van der Waals surface area contributed by atoms with Crippen molar-refractivity contribution in [3.63, 3.8) is 0 Å². The van der Waals surface area contributed by atoms with Crippen molar-refractivity contribution in [3.05, 3.63) is 23.6 Å². The SMILES string of the molecule is CC1(C)CCN(c2ncc(F)cc2C(=O)O)C1. The first-order valence-electron chi connectivity index (χ1n) is 5.53. The fraction of sp³-hybridized carbons (Fsp3) is 0.500. The highest BCUT2D eigenvalue weighted by molar-refractivity contribution is 5.93. The summed E-state index contributed by atoms with van der Waals surface area (Å²) in [6, 6.07) is 1.02. The van der Waals surface area contributed by atoms with Gasteiger partial charge in [-0.15, -0.1) is 0 Å². The number of carbonyl (C=O) groups is 1. The summed E-state index contributed by atoms with van der Waals surface area (Å²) in [5, 5.41) is 9.05. The lowest BCUT2D eigenvalue weighted by molar-refractivity contribution is 0.0696. The highest BCUT2D eigenvalue weighted by Gasteiger charge is 2.32. The van der Waals surface area contributed by atoms with Crippen molar-refractivity contribution in [2.24, 2.45) is 5.41 Å². The minimum Gasteiger partial charge on any atom is -0.478 e. The molecule has 0 aromatic carbocycles. The maximum atomic E-state index is 13.0. The van der Waals surface area contributed by atoms with Gasteiger partial charge in [-0.3, -0.25) is 0 Å². The minimum absolute atomic E-state index is 0.0669. The van der Waals surface area contributed by atoms with Gasteiger partial charge in [0.2, 0.25) is 0 Å². The molecule has 2 rings (SSSR count). The molecule has 1 saturated heterocycles. The quantitative estimate of drug-likeness (QED) is 0.857. The molecule has 17 heavy (non-hydrogen) atoms. The van der Waals surface area contributed by atoms with E-state index in [0.29, 0.717) is 5.82 Å². The fourth-order valence-electron chi connectivity index (χ4n) is 2.13. The van der Waals surface area contributed by atoms with E-state index >= 15 is 0 Å². The smallest absolute Gasteiger partial charge is 0.339 e. The number of aromatic carboxylic acids is 1. The Bertz CT molecular complexity index is 460. The molecule has 0 saturated carbocycles. The molecule has 1 aliphatic rings. The summed E-state index contributed by atoms with van der Waals surface area (Å²) >= 11 is 0. The van der Waals surface area contributed by atoms with E-state index in [-0.39, 0.29) is 11.0 Å². The minimum atomic E-state index is -1.14. The van der Waals surface area contributed by atoms with E-state index < -0.39 is 11.8 Å². The van der Waals surface area contributed by atoms with Gasteiger partial charge in [-0.1, -0.05) is 13.8 Å². The Morgan fingerprint density at radius 1 is 1.59 bits per heavy atom. The molecule has 1 aromatic rings. The van der Waals surface area contributed by atoms with Gasteiger partial charge >= 0.3 is 5.97 Å². The van der Waals surface area contributed by atoms with Crippen LogP contribution < -0.4 is 4.90 Å². The summed E-state index contributed by atoms with van der Waals surface area (Å²) in [6.45, 7) is 5.74. The Labute approximate surface area is 99.1 Å². The van der Waals surface area contributed by atoms with E-state index in [9.17, 15) is 9.18 Å². The molecule has 0 unspecified atom stereocenters. The van der Waals surface area contributed by atoms with Crippen molar-refractivity contribution in [1.29, 1.82) is 0 Å². The van der Waals surface area contributed by atoms with E-state index in [1.54, 1.807) is 0 Å². The zero-order chi connectivity index (χ0) is 12.6. The Hall–Kier alpha value is -1.65. The van der Waals surface area contributed by atoms with Crippen molar-refractivity contribution in [3.8, 4) is 0 Å². The topological polar surface area (TPSA) is 53.4 Å². The number of rotatable bonds is 2. The number of anilines is 1. The van der Waals surface area contributed by atoms with E-state index in [0.717, 1.165) is 31.8 Å². The van der Waals surface area contributed by atoms with Gasteiger partial charge in [-0.05, 0) is 17.9 Å². The van der Waals surface area contributed by atoms with Gasteiger partial charge in [0.1, 0.15) is 17.2 Å². The van der Waals surface area contributed by atoms with Crippen LogP contribution in [0.4, 0.5) is 10.2 Å². The number of aromatic nitrogens is 1. The van der Waals surface area contributed by atoms with Gasteiger partial charge in [-0.25, -0.2) is 14.2 Å². The summed E-state index contributed by atoms with van der Waals surface area (Å²) in [5.41, 5.74) is 0.0777. The van der Waals surface area contributed by atoms with Crippen LogP contribution in [-0.4, -0.2) is 29.1 Å². The summed E-state index contributed by atoms with van der Waals surface area (Å²) in [7, 11) is 0. The molecule has 1 aromatic heterocycles. The molecular formula is C12H15FN2O2. The van der Waals surface area contributed by atoms with Crippen molar-refractivity contribution in [2.75, 3.05) is 18.0 Å². The van der Waals surface area contributed by atoms with Crippen molar-refractivity contribution >= 4 is 11.8 Å². The molecule has 0 aliphatic carbocycles. The van der Waals surface area contributed by atoms with Crippen LogP contribution in [0.1, 0.15) is 30.6 Å². The zero-order valence-electron chi connectivity index (χ0n) is 9.90. The number of pyridine rings is 1. The van der Waals surface area contributed by atoms with E-state index in [4.69, 9.17) is 5.11 Å². The second kappa shape index (κ2) is 3.98. The van der Waals surface area contributed by atoms with Gasteiger partial charge < -0.3 is 10.0 Å². The zero-order valence-corrected chi connectivity index (χ0v) is 9.90. The van der Waals surface area contributed by atoms with Crippen LogP contribution >= 0.6 is 0 Å². The van der Waals surface area contributed by atoms with Crippen LogP contribution in [0.3, 0.4) is 0 Å². The van der Waals surface area contributed by atoms with Crippen LogP contribution in [0.5, 0.6) is 0 Å². The predicted molar refractivity (Wildman–Crippen MR) is 61.8 cm³/mol. The molecule has 1 fully saturated rings. The fourth-order valence-corrected chi connectivity index (χ4v) is 2.13. The van der Waals surface area contributed by atoms with Crippen molar-refractivity contribution in [2.45, 2.75) is 20.3 Å². The normalized spacial score (nSPS) is 18.4. The molecule has 92 valence electrons. The molecule has 0 radical (unpaired) electrons. The molecular weight excluding hydrogens is 223 g/mol. The van der Waals surface area contributed by atoms with Gasteiger partial charge in [0.15, 0.2) is 0 Å². The third-order valence-corrected chi connectivity index (χ3v) is 3.04. The number of nitrogens with zero attached hydrogens (tertiary/aromatic N) is 2. The highest BCUT2D eigenvalue weighted by Crippen LogP contribution is 2.33. The average Bonchev–Trinajstić information content (AvgIpc) is 2.58. The number of hydrogen-bond donors (Lipinski definition) is 1. The molecule has 1 aliphatic heterocycles. The van der Waals surface area contributed by atoms with Crippen LogP contribution in [0.25, 0.3) is 0 Å². The maximum absolute atomic E-state index is 13.0. The molecule has 0 bridgehead atoms. The van der Waals surface area contributed by atoms with Gasteiger partial charge in [0.05, 0.1) is 6.20 Å². The third kappa shape index (κ3) is 2.38. The number of hydrogen-bond acceptors (Lipinski definition) is 3. The standard InChI is InChI=1S/C12H15FN2O2/c1-12(2)3-4-15(7-12)10-9(11(16)17)5-8(13)6-14-10/h5-6H,3-4,7H2,1-2H3,(H,16,17). The van der Waals surface area contributed by atoms with Gasteiger partial charge in [0, 0.05) is 13.1 Å². The van der Waals surface area contributed by atoms with Crippen LogP contribution in [0.2, 0.25) is 0 Å². The number of carboxylic acid groups (broad SMARTS) is 1. The molecule has 0 spiro atoms. The molecule has 4 nitrogen and oxygen atoms in total. The van der Waals surface area contributed by atoms with E-state index in [1.165, 1.54) is 0 Å². The third-order valence-electron chi connectivity index (χ3n) is 3.04. The lowest BCUT2D eigenvalue weighted by Crippen LogP contribution is -2.25. The lowest BCUT2D eigenvalue weighted by Gasteiger charge is -2.21. The molecule has 1 N–H and O–H groups in total. The van der Waals surface area contributed by atoms with Crippen molar-refractivity contribution in [1.82, 2.24) is 4.98 Å². The van der Waals surface area contributed by atoms with Crippen LogP contribution in [-0.2, 0) is 0 Å². The Morgan fingerprint density at radius 3 is 2.82 bits per heavy atom. The highest BCUT2D eigenvalue weighted by atomic mass is 19.1. The van der Waals surface area contributed by atoms with Gasteiger partial charge in [-0.2, -0.15) is 0 Å². The first kappa shape index (κ1) is 11.8. The summed E-state index contributed by atoms with van der Waals surface area (Å²) in [5.74, 6) is -1.40. The number of halogens is 1. The Morgan fingerprint density at radius 2 is 2.29 bits per heavy atom. The Kier molecular flexibility index (Phi) is 2.77. The molecule has 0 atom stereocenters. The predicted octanol–water partition coefficient (Wildman–Crippen LogP) is 2.16. The lowest BCUT2D eigenvalue weighted by atomic mass is 9.93. The summed E-state index contributed by atoms with van der Waals surface area (Å²) in [4.78, 5) is 16.9. The second-order valence-electron chi connectivity index (χ2n) is 5.17. The van der Waals surface area contributed by atoms with Crippen LogP contribution in [0, 0.1) is 11.2 Å². The van der Waals surface area contributed by atoms with Crippen molar-refractivity contribution < 1.29 is 14.3 Å².